The number of nitrogens with zero attached hydrogens (tertiary/aromatic N) is 1. The first-order valence-corrected chi connectivity index (χ1v) is 5.73. The molecule has 0 spiro atoms. The van der Waals surface area contributed by atoms with Crippen LogP contribution in [0.2, 0.25) is 0 Å². The molecule has 5 nitrogen and oxygen atoms in total. The lowest BCUT2D eigenvalue weighted by molar-refractivity contribution is -0.146. The molecule has 0 aromatic heterocycles. The number of hydrogen-bond acceptors (Lipinski definition) is 4. The lowest BCUT2D eigenvalue weighted by atomic mass is 9.97. The molecule has 1 saturated heterocycles. The first-order chi connectivity index (χ1) is 8.23. The third-order valence-electron chi connectivity index (χ3n) is 3.09. The van der Waals surface area contributed by atoms with Crippen molar-refractivity contribution in [2.45, 2.75) is 38.6 Å². The van der Waals surface area contributed by atoms with E-state index in [1.165, 1.54) is 0 Å². The number of aliphatic hydroxyl groups is 1. The van der Waals surface area contributed by atoms with E-state index in [0.717, 1.165) is 17.9 Å². The van der Waals surface area contributed by atoms with Gasteiger partial charge < -0.3 is 9.84 Å². The van der Waals surface area contributed by atoms with Crippen LogP contribution in [-0.4, -0.2) is 46.4 Å². The van der Waals surface area contributed by atoms with Crippen molar-refractivity contribution >= 4 is 12.0 Å². The van der Waals surface area contributed by atoms with Crippen molar-refractivity contribution in [2.75, 3.05) is 6.61 Å². The van der Waals surface area contributed by atoms with Gasteiger partial charge in [0.1, 0.15) is 12.7 Å². The highest BCUT2D eigenvalue weighted by Gasteiger charge is 2.50. The molecule has 0 radical (unpaired) electrons. The van der Waals surface area contributed by atoms with Gasteiger partial charge in [0.15, 0.2) is 0 Å². The van der Waals surface area contributed by atoms with Gasteiger partial charge in [0, 0.05) is 0 Å². The zero-order valence-electron chi connectivity index (χ0n) is 10.7. The zero-order chi connectivity index (χ0) is 14.1. The number of amides is 2. The zero-order valence-corrected chi connectivity index (χ0v) is 10.7. The molecule has 0 aliphatic carbocycles. The van der Waals surface area contributed by atoms with Crippen LogP contribution in [0.4, 0.5) is 9.18 Å². The molecule has 102 valence electrons. The standard InChI is InChI=1S/C12H18FNO4/c1-5-9(15)12(4,13)10(16)14-8(7(2)3)6-18-11(14)17/h5,7-9,15H,1,6H2,2-4H3/t8?,9-,12-/m1/s1. The fourth-order valence-electron chi connectivity index (χ4n) is 1.74. The van der Waals surface area contributed by atoms with E-state index in [1.807, 2.05) is 0 Å². The summed E-state index contributed by atoms with van der Waals surface area (Å²) < 4.78 is 19.0. The van der Waals surface area contributed by atoms with E-state index in [0.29, 0.717) is 0 Å². The Bertz CT molecular complexity index is 367. The largest absolute Gasteiger partial charge is 0.447 e. The molecule has 2 amide bonds. The van der Waals surface area contributed by atoms with Crippen LogP contribution in [0.25, 0.3) is 0 Å². The first-order valence-electron chi connectivity index (χ1n) is 5.73. The van der Waals surface area contributed by atoms with Gasteiger partial charge in [-0.1, -0.05) is 19.9 Å². The van der Waals surface area contributed by atoms with Crippen LogP contribution in [0.1, 0.15) is 20.8 Å². The highest BCUT2D eigenvalue weighted by atomic mass is 19.1. The monoisotopic (exact) mass is 259 g/mol. The van der Waals surface area contributed by atoms with E-state index in [1.54, 1.807) is 13.8 Å². The van der Waals surface area contributed by atoms with Gasteiger partial charge in [-0.3, -0.25) is 4.79 Å². The van der Waals surface area contributed by atoms with Gasteiger partial charge in [0.25, 0.3) is 5.91 Å². The maximum atomic E-state index is 14.2. The molecule has 6 heteroatoms. The summed E-state index contributed by atoms with van der Waals surface area (Å²) in [6.45, 7) is 7.79. The number of rotatable bonds is 4. The van der Waals surface area contributed by atoms with Gasteiger partial charge >= 0.3 is 6.09 Å². The van der Waals surface area contributed by atoms with Crippen LogP contribution in [0, 0.1) is 5.92 Å². The molecule has 0 aromatic carbocycles. The predicted octanol–water partition coefficient (Wildman–Crippen LogP) is 1.26. The van der Waals surface area contributed by atoms with Gasteiger partial charge in [-0.2, -0.15) is 0 Å². The molecule has 3 atom stereocenters. The molecular weight excluding hydrogens is 241 g/mol. The molecule has 0 bridgehead atoms. The Hall–Kier alpha value is -1.43. The van der Waals surface area contributed by atoms with E-state index < -0.39 is 29.8 Å². The van der Waals surface area contributed by atoms with Gasteiger partial charge in [-0.25, -0.2) is 14.1 Å². The second-order valence-electron chi connectivity index (χ2n) is 4.82. The number of aliphatic hydroxyl groups excluding tert-OH is 1. The number of hydrogen-bond donors (Lipinski definition) is 1. The Balaban J connectivity index is 3.01. The van der Waals surface area contributed by atoms with Crippen molar-refractivity contribution in [1.82, 2.24) is 4.90 Å². The van der Waals surface area contributed by atoms with E-state index >= 15 is 0 Å². The van der Waals surface area contributed by atoms with Gasteiger partial charge in [0.05, 0.1) is 6.04 Å². The Morgan fingerprint density at radius 2 is 2.28 bits per heavy atom. The van der Waals surface area contributed by atoms with Crippen molar-refractivity contribution in [1.29, 1.82) is 0 Å². The summed E-state index contributed by atoms with van der Waals surface area (Å²) in [7, 11) is 0. The SMILES string of the molecule is C=C[C@@H](O)[C@@](C)(F)C(=O)N1C(=O)OCC1C(C)C. The van der Waals surface area contributed by atoms with E-state index in [2.05, 4.69) is 6.58 Å². The third kappa shape index (κ3) is 2.38. The molecule has 1 heterocycles. The summed E-state index contributed by atoms with van der Waals surface area (Å²) in [5, 5.41) is 9.43. The van der Waals surface area contributed by atoms with Crippen LogP contribution in [0.15, 0.2) is 12.7 Å². The lowest BCUT2D eigenvalue weighted by Crippen LogP contribution is -2.54. The molecule has 1 unspecified atom stereocenters. The normalized spacial score (nSPS) is 24.7. The molecule has 1 aliphatic rings. The minimum Gasteiger partial charge on any atom is -0.447 e. The maximum Gasteiger partial charge on any atom is 0.417 e. The fourth-order valence-corrected chi connectivity index (χ4v) is 1.74. The molecule has 0 aromatic rings. The van der Waals surface area contributed by atoms with Crippen molar-refractivity contribution in [3.8, 4) is 0 Å². The molecular formula is C12H18FNO4. The molecule has 1 rings (SSSR count). The maximum absolute atomic E-state index is 14.2. The Morgan fingerprint density at radius 3 is 2.72 bits per heavy atom. The van der Waals surface area contributed by atoms with Gasteiger partial charge in [0.2, 0.25) is 5.67 Å². The predicted molar refractivity (Wildman–Crippen MR) is 62.5 cm³/mol. The first kappa shape index (κ1) is 14.6. The van der Waals surface area contributed by atoms with E-state index in [9.17, 15) is 19.1 Å². The highest BCUT2D eigenvalue weighted by molar-refractivity contribution is 5.98. The van der Waals surface area contributed by atoms with Crippen LogP contribution in [0.3, 0.4) is 0 Å². The van der Waals surface area contributed by atoms with Crippen LogP contribution >= 0.6 is 0 Å². The number of ether oxygens (including phenoxy) is 1. The topological polar surface area (TPSA) is 66.8 Å². The Kier molecular flexibility index (Phi) is 4.11. The third-order valence-corrected chi connectivity index (χ3v) is 3.09. The van der Waals surface area contributed by atoms with Gasteiger partial charge in [-0.15, -0.1) is 6.58 Å². The number of halogens is 1. The summed E-state index contributed by atoms with van der Waals surface area (Å²) in [5.41, 5.74) is -2.60. The fraction of sp³-hybridized carbons (Fsp3) is 0.667. The second kappa shape index (κ2) is 5.06. The Morgan fingerprint density at radius 1 is 1.72 bits per heavy atom. The van der Waals surface area contributed by atoms with Gasteiger partial charge in [-0.05, 0) is 12.8 Å². The van der Waals surface area contributed by atoms with Crippen molar-refractivity contribution in [3.05, 3.63) is 12.7 Å². The summed E-state index contributed by atoms with van der Waals surface area (Å²) in [6.07, 6.45) is -1.63. The number of carbonyl (C=O) groups is 2. The van der Waals surface area contributed by atoms with Crippen LogP contribution in [0.5, 0.6) is 0 Å². The van der Waals surface area contributed by atoms with Crippen molar-refractivity contribution in [2.24, 2.45) is 5.92 Å². The summed E-state index contributed by atoms with van der Waals surface area (Å²) in [4.78, 5) is 24.3. The number of imide groups is 1. The van der Waals surface area contributed by atoms with E-state index in [4.69, 9.17) is 4.74 Å². The smallest absolute Gasteiger partial charge is 0.417 e. The summed E-state index contributed by atoms with van der Waals surface area (Å²) >= 11 is 0. The molecule has 1 aliphatic heterocycles. The lowest BCUT2D eigenvalue weighted by Gasteiger charge is -2.30. The number of cyclic esters (lactones) is 1. The minimum absolute atomic E-state index is 0.0442. The second-order valence-corrected chi connectivity index (χ2v) is 4.82. The average molecular weight is 259 g/mol. The number of carbonyl (C=O) groups excluding carboxylic acids is 2. The van der Waals surface area contributed by atoms with E-state index in [-0.39, 0.29) is 12.5 Å². The molecule has 1 fully saturated rings. The molecule has 18 heavy (non-hydrogen) atoms. The van der Waals surface area contributed by atoms with Crippen LogP contribution in [-0.2, 0) is 9.53 Å². The van der Waals surface area contributed by atoms with Crippen molar-refractivity contribution in [3.63, 3.8) is 0 Å². The van der Waals surface area contributed by atoms with Crippen LogP contribution < -0.4 is 0 Å². The molecule has 0 saturated carbocycles. The Labute approximate surface area is 105 Å². The minimum atomic E-state index is -2.60. The highest BCUT2D eigenvalue weighted by Crippen LogP contribution is 2.27. The van der Waals surface area contributed by atoms with Crippen molar-refractivity contribution < 1.29 is 23.8 Å². The summed E-state index contributed by atoms with van der Waals surface area (Å²) in [6, 6.07) is -0.517. The number of alkyl halides is 1. The quantitative estimate of drug-likeness (QED) is 0.772. The summed E-state index contributed by atoms with van der Waals surface area (Å²) in [5.74, 6) is -1.16. The molecule has 1 N–H and O–H groups in total. The average Bonchev–Trinajstić information content (AvgIpc) is 2.68.